The zero-order valence-electron chi connectivity index (χ0n) is 9.36. The number of rotatable bonds is 3. The summed E-state index contributed by atoms with van der Waals surface area (Å²) in [5.41, 5.74) is 2.29. The van der Waals surface area contributed by atoms with Crippen LogP contribution in [0, 0.1) is 5.92 Å². The number of aromatic nitrogens is 1. The Morgan fingerprint density at radius 1 is 1.67 bits per heavy atom. The fourth-order valence-corrected chi connectivity index (χ4v) is 2.23. The molecule has 1 heterocycles. The predicted octanol–water partition coefficient (Wildman–Crippen LogP) is 2.73. The van der Waals surface area contributed by atoms with Crippen LogP contribution in [0.1, 0.15) is 43.9 Å². The second-order valence-electron chi connectivity index (χ2n) is 4.35. The summed E-state index contributed by atoms with van der Waals surface area (Å²) in [7, 11) is 0. The number of hydrogen-bond donors (Lipinski definition) is 0. The molecule has 1 aromatic rings. The van der Waals surface area contributed by atoms with Gasteiger partial charge in [-0.25, -0.2) is 0 Å². The van der Waals surface area contributed by atoms with Gasteiger partial charge in [-0.15, -0.1) is 0 Å². The maximum Gasteiger partial charge on any atom is 0.144 e. The van der Waals surface area contributed by atoms with Crippen molar-refractivity contribution < 1.29 is 4.79 Å². The van der Waals surface area contributed by atoms with Crippen molar-refractivity contribution >= 4 is 5.78 Å². The molecule has 80 valence electrons. The van der Waals surface area contributed by atoms with Crippen LogP contribution in [0.4, 0.5) is 0 Å². The third-order valence-electron chi connectivity index (χ3n) is 3.40. The molecule has 2 atom stereocenters. The van der Waals surface area contributed by atoms with E-state index in [-0.39, 0.29) is 11.8 Å². The molecule has 0 fully saturated rings. The van der Waals surface area contributed by atoms with Gasteiger partial charge >= 0.3 is 0 Å². The Labute approximate surface area is 90.7 Å². The number of pyridine rings is 1. The zero-order valence-corrected chi connectivity index (χ0v) is 9.36. The molecular formula is C13H17NO. The van der Waals surface area contributed by atoms with Gasteiger partial charge < -0.3 is 0 Å². The normalized spacial score (nSPS) is 21.1. The van der Waals surface area contributed by atoms with Crippen LogP contribution in [0.5, 0.6) is 0 Å². The van der Waals surface area contributed by atoms with Crippen molar-refractivity contribution in [1.82, 2.24) is 4.98 Å². The lowest BCUT2D eigenvalue weighted by molar-refractivity contribution is -0.124. The topological polar surface area (TPSA) is 30.0 Å². The second-order valence-corrected chi connectivity index (χ2v) is 4.35. The van der Waals surface area contributed by atoms with Gasteiger partial charge in [-0.05, 0) is 30.9 Å². The molecule has 0 aliphatic heterocycles. The molecule has 0 saturated carbocycles. The smallest absolute Gasteiger partial charge is 0.144 e. The van der Waals surface area contributed by atoms with E-state index in [1.165, 1.54) is 5.56 Å². The molecule has 0 amide bonds. The molecule has 0 saturated heterocycles. The molecule has 0 spiro atoms. The highest BCUT2D eigenvalue weighted by molar-refractivity contribution is 5.88. The van der Waals surface area contributed by atoms with E-state index in [0.717, 1.165) is 25.0 Å². The second kappa shape index (κ2) is 4.13. The van der Waals surface area contributed by atoms with Crippen LogP contribution in [-0.2, 0) is 11.2 Å². The molecule has 0 radical (unpaired) electrons. The Kier molecular flexibility index (Phi) is 2.85. The van der Waals surface area contributed by atoms with Crippen molar-refractivity contribution in [1.29, 1.82) is 0 Å². The SMILES string of the molecule is CCC(C)C(=O)C1CCc2cccnc21. The minimum absolute atomic E-state index is 0.0659. The molecule has 2 nitrogen and oxygen atoms in total. The van der Waals surface area contributed by atoms with E-state index in [9.17, 15) is 4.79 Å². The predicted molar refractivity (Wildman–Crippen MR) is 59.8 cm³/mol. The van der Waals surface area contributed by atoms with Gasteiger partial charge in [-0.3, -0.25) is 9.78 Å². The van der Waals surface area contributed by atoms with Gasteiger partial charge in [0.1, 0.15) is 5.78 Å². The summed E-state index contributed by atoms with van der Waals surface area (Å²) in [6, 6.07) is 4.04. The number of fused-ring (bicyclic) bond motifs is 1. The van der Waals surface area contributed by atoms with Gasteiger partial charge in [-0.1, -0.05) is 19.9 Å². The lowest BCUT2D eigenvalue weighted by Crippen LogP contribution is -2.18. The van der Waals surface area contributed by atoms with Crippen molar-refractivity contribution in [3.05, 3.63) is 29.6 Å². The largest absolute Gasteiger partial charge is 0.299 e. The standard InChI is InChI=1S/C13H17NO/c1-3-9(2)13(15)11-7-6-10-5-4-8-14-12(10)11/h4-5,8-9,11H,3,6-7H2,1-2H3. The van der Waals surface area contributed by atoms with E-state index in [2.05, 4.69) is 18.0 Å². The van der Waals surface area contributed by atoms with Gasteiger partial charge in [0, 0.05) is 12.1 Å². The van der Waals surface area contributed by atoms with Crippen LogP contribution in [0.25, 0.3) is 0 Å². The van der Waals surface area contributed by atoms with Gasteiger partial charge in [0.25, 0.3) is 0 Å². The molecule has 1 aliphatic carbocycles. The molecule has 0 aromatic carbocycles. The van der Waals surface area contributed by atoms with Crippen molar-refractivity contribution in [2.75, 3.05) is 0 Å². The molecule has 2 heteroatoms. The quantitative estimate of drug-likeness (QED) is 0.756. The Hall–Kier alpha value is -1.18. The monoisotopic (exact) mass is 203 g/mol. The third kappa shape index (κ3) is 1.81. The zero-order chi connectivity index (χ0) is 10.8. The minimum atomic E-state index is 0.0659. The first-order valence-corrected chi connectivity index (χ1v) is 5.71. The first kappa shape index (κ1) is 10.3. The van der Waals surface area contributed by atoms with Crippen molar-refractivity contribution in [3.8, 4) is 0 Å². The lowest BCUT2D eigenvalue weighted by atomic mass is 9.90. The number of hydrogen-bond acceptors (Lipinski definition) is 2. The molecule has 1 aromatic heterocycles. The molecule has 0 bridgehead atoms. The molecule has 0 N–H and O–H groups in total. The maximum atomic E-state index is 12.1. The molecule has 2 rings (SSSR count). The van der Waals surface area contributed by atoms with Crippen LogP contribution >= 0.6 is 0 Å². The number of carbonyl (C=O) groups is 1. The highest BCUT2D eigenvalue weighted by Crippen LogP contribution is 2.33. The van der Waals surface area contributed by atoms with E-state index < -0.39 is 0 Å². The fourth-order valence-electron chi connectivity index (χ4n) is 2.23. The average Bonchev–Trinajstić information content (AvgIpc) is 2.70. The fraction of sp³-hybridized carbons (Fsp3) is 0.538. The molecule has 1 aliphatic rings. The molecule has 15 heavy (non-hydrogen) atoms. The summed E-state index contributed by atoms with van der Waals surface area (Å²) < 4.78 is 0. The van der Waals surface area contributed by atoms with Crippen molar-refractivity contribution in [2.45, 2.75) is 39.0 Å². The van der Waals surface area contributed by atoms with E-state index in [1.807, 2.05) is 13.0 Å². The number of nitrogens with zero attached hydrogens (tertiary/aromatic N) is 1. The van der Waals surface area contributed by atoms with E-state index >= 15 is 0 Å². The Morgan fingerprint density at radius 2 is 2.47 bits per heavy atom. The maximum absolute atomic E-state index is 12.1. The van der Waals surface area contributed by atoms with Crippen LogP contribution in [0.2, 0.25) is 0 Å². The minimum Gasteiger partial charge on any atom is -0.299 e. The van der Waals surface area contributed by atoms with E-state index in [1.54, 1.807) is 6.20 Å². The summed E-state index contributed by atoms with van der Waals surface area (Å²) in [6.07, 6.45) is 4.68. The third-order valence-corrected chi connectivity index (χ3v) is 3.40. The van der Waals surface area contributed by atoms with Crippen LogP contribution in [0.3, 0.4) is 0 Å². The lowest BCUT2D eigenvalue weighted by Gasteiger charge is -2.13. The Balaban J connectivity index is 2.24. The summed E-state index contributed by atoms with van der Waals surface area (Å²) in [6.45, 7) is 4.08. The average molecular weight is 203 g/mol. The summed E-state index contributed by atoms with van der Waals surface area (Å²) in [4.78, 5) is 16.5. The van der Waals surface area contributed by atoms with Crippen LogP contribution < -0.4 is 0 Å². The number of carbonyl (C=O) groups excluding carboxylic acids is 1. The number of Topliss-reactive ketones (excluding diaryl/α,β-unsaturated/α-hetero) is 1. The first-order chi connectivity index (χ1) is 7.24. The number of aryl methyl sites for hydroxylation is 1. The van der Waals surface area contributed by atoms with Gasteiger partial charge in [-0.2, -0.15) is 0 Å². The summed E-state index contributed by atoms with van der Waals surface area (Å²) in [5.74, 6) is 0.606. The number of ketones is 1. The first-order valence-electron chi connectivity index (χ1n) is 5.71. The van der Waals surface area contributed by atoms with Crippen molar-refractivity contribution in [3.63, 3.8) is 0 Å². The summed E-state index contributed by atoms with van der Waals surface area (Å²) in [5, 5.41) is 0. The molecule has 2 unspecified atom stereocenters. The highest BCUT2D eigenvalue weighted by atomic mass is 16.1. The summed E-state index contributed by atoms with van der Waals surface area (Å²) >= 11 is 0. The highest BCUT2D eigenvalue weighted by Gasteiger charge is 2.31. The van der Waals surface area contributed by atoms with Gasteiger partial charge in [0.2, 0.25) is 0 Å². The van der Waals surface area contributed by atoms with E-state index in [0.29, 0.717) is 5.78 Å². The van der Waals surface area contributed by atoms with E-state index in [4.69, 9.17) is 0 Å². The molecular weight excluding hydrogens is 186 g/mol. The van der Waals surface area contributed by atoms with Crippen LogP contribution in [-0.4, -0.2) is 10.8 Å². The van der Waals surface area contributed by atoms with Gasteiger partial charge in [0.15, 0.2) is 0 Å². The van der Waals surface area contributed by atoms with Gasteiger partial charge in [0.05, 0.1) is 11.6 Å². The van der Waals surface area contributed by atoms with Crippen LogP contribution in [0.15, 0.2) is 18.3 Å². The van der Waals surface area contributed by atoms with Crippen molar-refractivity contribution in [2.24, 2.45) is 5.92 Å². The Morgan fingerprint density at radius 3 is 3.20 bits per heavy atom. The Bertz CT molecular complexity index is 373.